The van der Waals surface area contributed by atoms with Gasteiger partial charge < -0.3 is 14.6 Å². The number of hydrogen-bond acceptors (Lipinski definition) is 4. The Bertz CT molecular complexity index is 492. The number of aromatic nitrogens is 2. The first-order valence-corrected chi connectivity index (χ1v) is 9.31. The summed E-state index contributed by atoms with van der Waals surface area (Å²) in [4.78, 5) is 27.1. The number of ether oxygens (including phenoxy) is 1. The van der Waals surface area contributed by atoms with Crippen molar-refractivity contribution in [2.45, 2.75) is 13.7 Å². The van der Waals surface area contributed by atoms with E-state index in [-0.39, 0.29) is 29.9 Å². The maximum atomic E-state index is 11.7. The Hall–Kier alpha value is -1.34. The summed E-state index contributed by atoms with van der Waals surface area (Å²) in [6.07, 6.45) is 8.21. The highest BCUT2D eigenvalue weighted by molar-refractivity contribution is 8.32. The fraction of sp³-hybridized carbons (Fsp3) is 0.615. The van der Waals surface area contributed by atoms with Crippen LogP contribution in [0.1, 0.15) is 28.0 Å². The molecule has 1 aromatic heterocycles. The van der Waals surface area contributed by atoms with Crippen LogP contribution in [-0.2, 0) is 11.5 Å². The topological polar surface area (TPSA) is 73.2 Å². The molecular formula is C13H23N3O3S. The van der Waals surface area contributed by atoms with Crippen LogP contribution >= 0.6 is 10.0 Å². The number of rotatable bonds is 7. The van der Waals surface area contributed by atoms with E-state index in [2.05, 4.69) is 29.1 Å². The Kier molecular flexibility index (Phi) is 5.76. The molecule has 0 fully saturated rings. The van der Waals surface area contributed by atoms with E-state index in [1.165, 1.54) is 14.0 Å². The quantitative estimate of drug-likeness (QED) is 0.605. The van der Waals surface area contributed by atoms with E-state index < -0.39 is 10.0 Å². The lowest BCUT2D eigenvalue weighted by Gasteiger charge is -2.24. The van der Waals surface area contributed by atoms with E-state index in [0.29, 0.717) is 6.61 Å². The lowest BCUT2D eigenvalue weighted by Crippen LogP contribution is -2.23. The van der Waals surface area contributed by atoms with Gasteiger partial charge in [0.25, 0.3) is 5.91 Å². The lowest BCUT2D eigenvalue weighted by molar-refractivity contribution is 0.0802. The van der Waals surface area contributed by atoms with Crippen molar-refractivity contribution in [1.29, 1.82) is 0 Å². The van der Waals surface area contributed by atoms with Gasteiger partial charge in [-0.3, -0.25) is 9.59 Å². The van der Waals surface area contributed by atoms with Gasteiger partial charge in [-0.05, 0) is 18.8 Å². The predicted molar refractivity (Wildman–Crippen MR) is 81.8 cm³/mol. The number of carbonyl (C=O) groups excluding carboxylic acids is 2. The summed E-state index contributed by atoms with van der Waals surface area (Å²) in [6, 6.07) is 0. The highest BCUT2D eigenvalue weighted by Gasteiger charge is 2.16. The summed E-state index contributed by atoms with van der Waals surface area (Å²) in [5, 5.41) is 2.50. The van der Waals surface area contributed by atoms with Crippen molar-refractivity contribution in [1.82, 2.24) is 14.9 Å². The van der Waals surface area contributed by atoms with E-state index in [4.69, 9.17) is 4.74 Å². The van der Waals surface area contributed by atoms with Crippen LogP contribution < -0.4 is 5.32 Å². The summed E-state index contributed by atoms with van der Waals surface area (Å²) in [5.74, 6) is 0.688. The molecule has 1 N–H and O–H groups in total. The average Bonchev–Trinajstić information content (AvgIpc) is 2.77. The Morgan fingerprint density at radius 3 is 2.55 bits per heavy atom. The van der Waals surface area contributed by atoms with Gasteiger partial charge in [0.2, 0.25) is 5.82 Å². The molecule has 1 heterocycles. The van der Waals surface area contributed by atoms with E-state index in [1.807, 2.05) is 0 Å². The molecule has 0 aliphatic heterocycles. The van der Waals surface area contributed by atoms with Crippen molar-refractivity contribution >= 4 is 21.7 Å². The van der Waals surface area contributed by atoms with E-state index in [1.54, 1.807) is 10.8 Å². The molecule has 0 spiro atoms. The van der Waals surface area contributed by atoms with Crippen LogP contribution in [-0.4, -0.2) is 59.4 Å². The number of amides is 1. The fourth-order valence-electron chi connectivity index (χ4n) is 1.45. The van der Waals surface area contributed by atoms with Crippen LogP contribution in [0.5, 0.6) is 0 Å². The van der Waals surface area contributed by atoms with Gasteiger partial charge in [-0.25, -0.2) is 15.0 Å². The van der Waals surface area contributed by atoms with E-state index in [0.717, 1.165) is 5.75 Å². The summed E-state index contributed by atoms with van der Waals surface area (Å²) in [5.41, 5.74) is 0.272. The molecule has 20 heavy (non-hydrogen) atoms. The number of Topliss-reactive ketones (excluding diaryl/α,β-unsaturated/α-hetero) is 1. The normalized spacial score (nSPS) is 12.2. The third-order valence-electron chi connectivity index (χ3n) is 2.64. The van der Waals surface area contributed by atoms with E-state index in [9.17, 15) is 9.59 Å². The molecule has 1 aromatic rings. The van der Waals surface area contributed by atoms with Gasteiger partial charge >= 0.3 is 0 Å². The van der Waals surface area contributed by atoms with Crippen LogP contribution in [0.4, 0.5) is 0 Å². The van der Waals surface area contributed by atoms with Gasteiger partial charge in [-0.1, -0.05) is 0 Å². The van der Waals surface area contributed by atoms with Crippen molar-refractivity contribution in [3.63, 3.8) is 0 Å². The molecule has 0 saturated heterocycles. The first kappa shape index (κ1) is 16.7. The van der Waals surface area contributed by atoms with Crippen molar-refractivity contribution < 1.29 is 14.3 Å². The molecule has 0 radical (unpaired) electrons. The van der Waals surface area contributed by atoms with Crippen molar-refractivity contribution in [2.75, 3.05) is 38.2 Å². The third-order valence-corrected chi connectivity index (χ3v) is 4.03. The number of carbonyl (C=O) groups is 2. The van der Waals surface area contributed by atoms with Crippen molar-refractivity contribution in [3.05, 3.63) is 17.7 Å². The Balaban J connectivity index is 2.72. The number of ketones is 1. The Morgan fingerprint density at radius 2 is 2.05 bits per heavy atom. The van der Waals surface area contributed by atoms with Gasteiger partial charge in [0, 0.05) is 25.9 Å². The number of nitrogens with one attached hydrogen (secondary N) is 1. The van der Waals surface area contributed by atoms with Crippen LogP contribution in [0.3, 0.4) is 0 Å². The third kappa shape index (κ3) is 4.97. The Labute approximate surface area is 121 Å². The standard InChI is InChI=1S/C13H23N3O3S/c1-10(17)11-8-16(12(15-11)13(18)14-2)9-19-6-7-20(3,4)5/h8H,6-7,9H2,1-5H3,(H,14,18). The van der Waals surface area contributed by atoms with Crippen LogP contribution in [0, 0.1) is 0 Å². The average molecular weight is 301 g/mol. The second-order valence-corrected chi connectivity index (χ2v) is 9.98. The molecule has 0 bridgehead atoms. The molecule has 1 amide bonds. The summed E-state index contributed by atoms with van der Waals surface area (Å²) >= 11 is 0. The van der Waals surface area contributed by atoms with Crippen LogP contribution in [0.25, 0.3) is 0 Å². The highest BCUT2D eigenvalue weighted by atomic mass is 32.3. The molecule has 6 nitrogen and oxygen atoms in total. The number of hydrogen-bond donors (Lipinski definition) is 1. The van der Waals surface area contributed by atoms with Gasteiger partial charge in [0.1, 0.15) is 12.4 Å². The zero-order valence-corrected chi connectivity index (χ0v) is 13.5. The molecule has 0 atom stereocenters. The molecule has 114 valence electrons. The second-order valence-electron chi connectivity index (χ2n) is 5.39. The lowest BCUT2D eigenvalue weighted by atomic mass is 10.3. The number of imidazole rings is 1. The smallest absolute Gasteiger partial charge is 0.287 e. The molecule has 7 heteroatoms. The maximum absolute atomic E-state index is 11.7. The molecule has 0 aliphatic rings. The zero-order chi connectivity index (χ0) is 15.3. The first-order valence-electron chi connectivity index (χ1n) is 6.28. The van der Waals surface area contributed by atoms with Gasteiger partial charge in [-0.2, -0.15) is 0 Å². The molecule has 0 saturated carbocycles. The van der Waals surface area contributed by atoms with Crippen LogP contribution in [0.2, 0.25) is 0 Å². The summed E-state index contributed by atoms with van der Waals surface area (Å²) in [6.45, 7) is 2.27. The molecule has 1 rings (SSSR count). The molecular weight excluding hydrogens is 278 g/mol. The number of nitrogens with zero attached hydrogens (tertiary/aromatic N) is 2. The summed E-state index contributed by atoms with van der Waals surface area (Å²) < 4.78 is 7.14. The SMILES string of the molecule is CNC(=O)c1nc(C(C)=O)cn1COCCS(C)(C)C. The second kappa shape index (κ2) is 6.90. The molecule has 0 aromatic carbocycles. The van der Waals surface area contributed by atoms with Crippen LogP contribution in [0.15, 0.2) is 6.20 Å². The van der Waals surface area contributed by atoms with Gasteiger partial charge in [-0.15, -0.1) is 0 Å². The highest BCUT2D eigenvalue weighted by Crippen LogP contribution is 2.33. The predicted octanol–water partition coefficient (Wildman–Crippen LogP) is 1.11. The van der Waals surface area contributed by atoms with Gasteiger partial charge in [0.05, 0.1) is 6.61 Å². The fourth-order valence-corrected chi connectivity index (χ4v) is 2.07. The first-order chi connectivity index (χ1) is 9.24. The van der Waals surface area contributed by atoms with Crippen molar-refractivity contribution in [2.24, 2.45) is 0 Å². The monoisotopic (exact) mass is 301 g/mol. The molecule has 0 unspecified atom stereocenters. The largest absolute Gasteiger partial charge is 0.360 e. The minimum absolute atomic E-state index is 0.173. The zero-order valence-electron chi connectivity index (χ0n) is 12.7. The Morgan fingerprint density at radius 1 is 1.40 bits per heavy atom. The minimum atomic E-state index is -0.601. The molecule has 0 aliphatic carbocycles. The van der Waals surface area contributed by atoms with E-state index >= 15 is 0 Å². The maximum Gasteiger partial charge on any atom is 0.287 e. The van der Waals surface area contributed by atoms with Gasteiger partial charge in [0.15, 0.2) is 5.78 Å². The minimum Gasteiger partial charge on any atom is -0.360 e. The van der Waals surface area contributed by atoms with Crippen molar-refractivity contribution in [3.8, 4) is 0 Å². The summed E-state index contributed by atoms with van der Waals surface area (Å²) in [7, 11) is 0.925.